The fourth-order valence-electron chi connectivity index (χ4n) is 3.45. The van der Waals surface area contributed by atoms with Gasteiger partial charge in [-0.25, -0.2) is 8.42 Å². The number of nitrogens with one attached hydrogen (secondary N) is 1. The molecular weight excluding hydrogens is 402 g/mol. The van der Waals surface area contributed by atoms with Gasteiger partial charge in [0.25, 0.3) is 5.91 Å². The molecule has 1 aliphatic rings. The predicted octanol–water partition coefficient (Wildman–Crippen LogP) is 2.80. The molecule has 1 saturated heterocycles. The van der Waals surface area contributed by atoms with Crippen LogP contribution in [0.3, 0.4) is 0 Å². The standard InChI is InChI=1S/C22H29N3O4S/c1-3-25(4-2)30(27,28)21-10-8-20(9-11-21)23-22(26)19-7-5-6-18(16-19)17-24-12-14-29-15-13-24/h5-11,16H,3-4,12-15,17H2,1-2H3,(H,23,26). The second-order valence-electron chi connectivity index (χ2n) is 7.16. The van der Waals surface area contributed by atoms with E-state index in [2.05, 4.69) is 10.2 Å². The van der Waals surface area contributed by atoms with Gasteiger partial charge in [0, 0.05) is 44.0 Å². The van der Waals surface area contributed by atoms with Gasteiger partial charge < -0.3 is 10.1 Å². The lowest BCUT2D eigenvalue weighted by Crippen LogP contribution is -2.35. The summed E-state index contributed by atoms with van der Waals surface area (Å²) in [5.41, 5.74) is 2.20. The second kappa shape index (κ2) is 10.2. The molecule has 0 saturated carbocycles. The molecule has 7 nitrogen and oxygen atoms in total. The first-order valence-electron chi connectivity index (χ1n) is 10.2. The summed E-state index contributed by atoms with van der Waals surface area (Å²) in [6.07, 6.45) is 0. The van der Waals surface area contributed by atoms with E-state index in [0.29, 0.717) is 24.3 Å². The molecule has 2 aromatic rings. The molecule has 1 fully saturated rings. The highest BCUT2D eigenvalue weighted by atomic mass is 32.2. The van der Waals surface area contributed by atoms with Gasteiger partial charge in [0.15, 0.2) is 0 Å². The minimum Gasteiger partial charge on any atom is -0.379 e. The summed E-state index contributed by atoms with van der Waals surface area (Å²) in [5.74, 6) is -0.224. The zero-order chi connectivity index (χ0) is 21.6. The number of morpholine rings is 1. The van der Waals surface area contributed by atoms with Crippen molar-refractivity contribution in [2.24, 2.45) is 0 Å². The maximum atomic E-state index is 12.7. The van der Waals surface area contributed by atoms with Crippen LogP contribution < -0.4 is 5.32 Å². The molecule has 2 aromatic carbocycles. The Kier molecular flexibility index (Phi) is 7.60. The number of rotatable bonds is 8. The lowest BCUT2D eigenvalue weighted by molar-refractivity contribution is 0.0342. The highest BCUT2D eigenvalue weighted by Gasteiger charge is 2.21. The van der Waals surface area contributed by atoms with Crippen LogP contribution in [0, 0.1) is 0 Å². The molecule has 0 atom stereocenters. The number of ether oxygens (including phenoxy) is 1. The average molecular weight is 432 g/mol. The van der Waals surface area contributed by atoms with E-state index < -0.39 is 10.0 Å². The average Bonchev–Trinajstić information content (AvgIpc) is 2.76. The van der Waals surface area contributed by atoms with Gasteiger partial charge >= 0.3 is 0 Å². The van der Waals surface area contributed by atoms with E-state index in [1.165, 1.54) is 16.4 Å². The smallest absolute Gasteiger partial charge is 0.255 e. The van der Waals surface area contributed by atoms with E-state index in [1.54, 1.807) is 18.2 Å². The van der Waals surface area contributed by atoms with E-state index in [9.17, 15) is 13.2 Å². The summed E-state index contributed by atoms with van der Waals surface area (Å²) >= 11 is 0. The number of nitrogens with zero attached hydrogens (tertiary/aromatic N) is 2. The highest BCUT2D eigenvalue weighted by Crippen LogP contribution is 2.19. The molecule has 0 radical (unpaired) electrons. The summed E-state index contributed by atoms with van der Waals surface area (Å²) in [4.78, 5) is 15.2. The molecule has 3 rings (SSSR count). The zero-order valence-corrected chi connectivity index (χ0v) is 18.3. The van der Waals surface area contributed by atoms with E-state index in [1.807, 2.05) is 32.0 Å². The van der Waals surface area contributed by atoms with Crippen molar-refractivity contribution in [3.8, 4) is 0 Å². The van der Waals surface area contributed by atoms with Crippen LogP contribution >= 0.6 is 0 Å². The molecule has 8 heteroatoms. The Morgan fingerprint density at radius 2 is 1.73 bits per heavy atom. The van der Waals surface area contributed by atoms with Crippen molar-refractivity contribution in [1.29, 1.82) is 0 Å². The monoisotopic (exact) mass is 431 g/mol. The summed E-state index contributed by atoms with van der Waals surface area (Å²) < 4.78 is 31.9. The second-order valence-corrected chi connectivity index (χ2v) is 9.09. The first-order valence-corrected chi connectivity index (χ1v) is 11.7. The van der Waals surface area contributed by atoms with Crippen LogP contribution in [0.1, 0.15) is 29.8 Å². The maximum absolute atomic E-state index is 12.7. The fourth-order valence-corrected chi connectivity index (χ4v) is 4.91. The number of anilines is 1. The zero-order valence-electron chi connectivity index (χ0n) is 17.5. The maximum Gasteiger partial charge on any atom is 0.255 e. The molecule has 162 valence electrons. The number of carbonyl (C=O) groups is 1. The SMILES string of the molecule is CCN(CC)S(=O)(=O)c1ccc(NC(=O)c2cccc(CN3CCOCC3)c2)cc1. The van der Waals surface area contributed by atoms with Crippen molar-refractivity contribution in [2.45, 2.75) is 25.3 Å². The van der Waals surface area contributed by atoms with Gasteiger partial charge in [-0.15, -0.1) is 0 Å². The van der Waals surface area contributed by atoms with Crippen molar-refractivity contribution in [2.75, 3.05) is 44.7 Å². The topological polar surface area (TPSA) is 79.0 Å². The van der Waals surface area contributed by atoms with Crippen LogP contribution in [-0.4, -0.2) is 62.9 Å². The van der Waals surface area contributed by atoms with Gasteiger partial charge in [0.2, 0.25) is 10.0 Å². The summed E-state index contributed by atoms with van der Waals surface area (Å²) in [6, 6.07) is 13.8. The molecule has 0 aromatic heterocycles. The van der Waals surface area contributed by atoms with Gasteiger partial charge in [-0.1, -0.05) is 26.0 Å². The Bertz CT molecular complexity index is 951. The van der Waals surface area contributed by atoms with Crippen molar-refractivity contribution in [1.82, 2.24) is 9.21 Å². The van der Waals surface area contributed by atoms with E-state index >= 15 is 0 Å². The predicted molar refractivity (Wildman–Crippen MR) is 117 cm³/mol. The molecule has 0 bridgehead atoms. The van der Waals surface area contributed by atoms with Crippen LogP contribution in [0.5, 0.6) is 0 Å². The molecule has 1 N–H and O–H groups in total. The largest absolute Gasteiger partial charge is 0.379 e. The Morgan fingerprint density at radius 3 is 2.37 bits per heavy atom. The number of amides is 1. The number of sulfonamides is 1. The normalized spacial score (nSPS) is 15.3. The van der Waals surface area contributed by atoms with Gasteiger partial charge in [0.05, 0.1) is 18.1 Å². The number of benzene rings is 2. The molecular formula is C22H29N3O4S. The fraction of sp³-hybridized carbons (Fsp3) is 0.409. The molecule has 1 amide bonds. The van der Waals surface area contributed by atoms with Crippen molar-refractivity contribution in [3.63, 3.8) is 0 Å². The third kappa shape index (κ3) is 5.46. The quantitative estimate of drug-likeness (QED) is 0.695. The van der Waals surface area contributed by atoms with Gasteiger partial charge in [0.1, 0.15) is 0 Å². The van der Waals surface area contributed by atoms with Crippen molar-refractivity contribution in [3.05, 3.63) is 59.7 Å². The molecule has 30 heavy (non-hydrogen) atoms. The Morgan fingerprint density at radius 1 is 1.07 bits per heavy atom. The Balaban J connectivity index is 1.66. The van der Waals surface area contributed by atoms with Crippen LogP contribution in [-0.2, 0) is 21.3 Å². The minimum atomic E-state index is -3.51. The van der Waals surface area contributed by atoms with Crippen LogP contribution in [0.4, 0.5) is 5.69 Å². The minimum absolute atomic E-state index is 0.219. The van der Waals surface area contributed by atoms with Gasteiger partial charge in [-0.2, -0.15) is 4.31 Å². The summed E-state index contributed by atoms with van der Waals surface area (Å²) in [5, 5.41) is 2.84. The Hall–Kier alpha value is -2.26. The summed E-state index contributed by atoms with van der Waals surface area (Å²) in [6.45, 7) is 8.48. The molecule has 1 heterocycles. The third-order valence-electron chi connectivity index (χ3n) is 5.15. The van der Waals surface area contributed by atoms with Crippen molar-refractivity contribution >= 4 is 21.6 Å². The van der Waals surface area contributed by atoms with E-state index in [-0.39, 0.29) is 10.8 Å². The highest BCUT2D eigenvalue weighted by molar-refractivity contribution is 7.89. The lowest BCUT2D eigenvalue weighted by atomic mass is 10.1. The first kappa shape index (κ1) is 22.4. The van der Waals surface area contributed by atoms with Crippen LogP contribution in [0.15, 0.2) is 53.4 Å². The Labute approximate surface area is 178 Å². The number of hydrogen-bond acceptors (Lipinski definition) is 5. The molecule has 1 aliphatic heterocycles. The van der Waals surface area contributed by atoms with Gasteiger partial charge in [-0.3, -0.25) is 9.69 Å². The van der Waals surface area contributed by atoms with Crippen molar-refractivity contribution < 1.29 is 17.9 Å². The summed E-state index contributed by atoms with van der Waals surface area (Å²) in [7, 11) is -3.51. The third-order valence-corrected chi connectivity index (χ3v) is 7.22. The van der Waals surface area contributed by atoms with Gasteiger partial charge in [-0.05, 0) is 42.0 Å². The molecule has 0 aliphatic carbocycles. The number of carbonyl (C=O) groups excluding carboxylic acids is 1. The number of hydrogen-bond donors (Lipinski definition) is 1. The van der Waals surface area contributed by atoms with E-state index in [4.69, 9.17) is 4.74 Å². The lowest BCUT2D eigenvalue weighted by Gasteiger charge is -2.26. The van der Waals surface area contributed by atoms with E-state index in [0.717, 1.165) is 38.4 Å². The molecule has 0 spiro atoms. The van der Waals surface area contributed by atoms with Crippen LogP contribution in [0.25, 0.3) is 0 Å². The molecule has 0 unspecified atom stereocenters. The van der Waals surface area contributed by atoms with Crippen LogP contribution in [0.2, 0.25) is 0 Å². The first-order chi connectivity index (χ1) is 14.4.